The second-order valence-corrected chi connectivity index (χ2v) is 6.00. The smallest absolute Gasteiger partial charge is 0.342 e. The lowest BCUT2D eigenvalue weighted by atomic mass is 10.1. The van der Waals surface area contributed by atoms with E-state index in [0.717, 1.165) is 0 Å². The van der Waals surface area contributed by atoms with E-state index >= 15 is 0 Å². The van der Waals surface area contributed by atoms with Crippen molar-refractivity contribution in [1.82, 2.24) is 0 Å². The lowest BCUT2D eigenvalue weighted by molar-refractivity contribution is -0.119. The number of ether oxygens (including phenoxy) is 4. The van der Waals surface area contributed by atoms with Gasteiger partial charge in [0.1, 0.15) is 11.3 Å². The molecular weight excluding hydrogens is 397 g/mol. The Labute approximate surface area is 166 Å². The van der Waals surface area contributed by atoms with Crippen LogP contribution in [-0.4, -0.2) is 39.8 Å². The fourth-order valence-electron chi connectivity index (χ4n) is 2.17. The molecule has 7 nitrogen and oxygen atoms in total. The zero-order valence-electron chi connectivity index (χ0n) is 14.8. The maximum Gasteiger partial charge on any atom is 0.342 e. The summed E-state index contributed by atoms with van der Waals surface area (Å²) >= 11 is 11.8. The van der Waals surface area contributed by atoms with Crippen LogP contribution in [0.25, 0.3) is 0 Å². The van der Waals surface area contributed by atoms with Crippen molar-refractivity contribution >= 4 is 40.8 Å². The molecule has 0 spiro atoms. The van der Waals surface area contributed by atoms with Gasteiger partial charge in [-0.3, -0.25) is 4.79 Å². The first kappa shape index (κ1) is 20.7. The Kier molecular flexibility index (Phi) is 7.15. The highest BCUT2D eigenvalue weighted by atomic mass is 35.5. The molecule has 1 amide bonds. The zero-order valence-corrected chi connectivity index (χ0v) is 16.3. The molecule has 0 aliphatic heterocycles. The van der Waals surface area contributed by atoms with E-state index in [4.69, 9.17) is 42.1 Å². The Morgan fingerprint density at radius 3 is 2.15 bits per heavy atom. The summed E-state index contributed by atoms with van der Waals surface area (Å²) in [5.41, 5.74) is 0.443. The number of hydrogen-bond acceptors (Lipinski definition) is 6. The molecule has 0 bridgehead atoms. The Hall–Kier alpha value is -2.64. The van der Waals surface area contributed by atoms with Gasteiger partial charge in [0.2, 0.25) is 0 Å². The molecule has 0 aromatic heterocycles. The van der Waals surface area contributed by atoms with Crippen molar-refractivity contribution in [2.24, 2.45) is 0 Å². The summed E-state index contributed by atoms with van der Waals surface area (Å²) in [6.07, 6.45) is 0. The topological polar surface area (TPSA) is 83.1 Å². The maximum absolute atomic E-state index is 12.3. The third-order valence-electron chi connectivity index (χ3n) is 3.47. The van der Waals surface area contributed by atoms with E-state index in [1.54, 1.807) is 12.1 Å². The molecular formula is C18H17Cl2NO6. The number of nitrogens with one attached hydrogen (secondary N) is 1. The van der Waals surface area contributed by atoms with Gasteiger partial charge >= 0.3 is 5.97 Å². The number of esters is 1. The van der Waals surface area contributed by atoms with Crippen molar-refractivity contribution in [2.75, 3.05) is 33.3 Å². The number of carbonyl (C=O) groups is 2. The molecule has 0 saturated carbocycles. The Bertz CT molecular complexity index is 856. The summed E-state index contributed by atoms with van der Waals surface area (Å²) in [5.74, 6) is -0.389. The van der Waals surface area contributed by atoms with Crippen LogP contribution in [0.3, 0.4) is 0 Å². The molecule has 2 rings (SSSR count). The van der Waals surface area contributed by atoms with Gasteiger partial charge in [-0.2, -0.15) is 0 Å². The molecule has 0 unspecified atom stereocenters. The van der Waals surface area contributed by atoms with Crippen molar-refractivity contribution in [1.29, 1.82) is 0 Å². The average Bonchev–Trinajstić information content (AvgIpc) is 2.67. The summed E-state index contributed by atoms with van der Waals surface area (Å²) in [6.45, 7) is -0.519. The van der Waals surface area contributed by atoms with Crippen LogP contribution in [0, 0.1) is 0 Å². The largest absolute Gasteiger partial charge is 0.496 e. The standard InChI is InChI=1S/C18H17Cl2NO6/c1-24-14-8-16(26-3)15(25-2)7-11(14)18(23)27-9-17(22)21-13-5-4-10(19)6-12(13)20/h4-8H,9H2,1-3H3,(H,21,22). The average molecular weight is 414 g/mol. The molecule has 1 N–H and O–H groups in total. The Morgan fingerprint density at radius 2 is 1.56 bits per heavy atom. The number of methoxy groups -OCH3 is 3. The molecule has 0 aliphatic rings. The first-order chi connectivity index (χ1) is 12.9. The number of carbonyl (C=O) groups excluding carboxylic acids is 2. The normalized spacial score (nSPS) is 10.1. The van der Waals surface area contributed by atoms with Crippen molar-refractivity contribution < 1.29 is 28.5 Å². The summed E-state index contributed by atoms with van der Waals surface area (Å²) in [7, 11) is 4.29. The molecule has 0 fully saturated rings. The van der Waals surface area contributed by atoms with E-state index in [-0.39, 0.29) is 16.3 Å². The quantitative estimate of drug-likeness (QED) is 0.694. The highest BCUT2D eigenvalue weighted by Crippen LogP contribution is 2.35. The predicted molar refractivity (Wildman–Crippen MR) is 101 cm³/mol. The van der Waals surface area contributed by atoms with Crippen LogP contribution in [0.15, 0.2) is 30.3 Å². The first-order valence-electron chi connectivity index (χ1n) is 7.61. The van der Waals surface area contributed by atoms with Gasteiger partial charge in [-0.05, 0) is 18.2 Å². The van der Waals surface area contributed by atoms with Crippen molar-refractivity contribution in [3.05, 3.63) is 45.9 Å². The molecule has 0 saturated heterocycles. The van der Waals surface area contributed by atoms with E-state index in [1.165, 1.54) is 39.5 Å². The van der Waals surface area contributed by atoms with Crippen LogP contribution in [0.5, 0.6) is 17.2 Å². The summed E-state index contributed by atoms with van der Waals surface area (Å²) in [6, 6.07) is 7.50. The van der Waals surface area contributed by atoms with Crippen LogP contribution >= 0.6 is 23.2 Å². The van der Waals surface area contributed by atoms with E-state index in [0.29, 0.717) is 22.2 Å². The molecule has 144 valence electrons. The zero-order chi connectivity index (χ0) is 20.0. The fraction of sp³-hybridized carbons (Fsp3) is 0.222. The molecule has 2 aromatic rings. The second kappa shape index (κ2) is 9.34. The van der Waals surface area contributed by atoms with E-state index in [2.05, 4.69) is 5.32 Å². The van der Waals surface area contributed by atoms with Gasteiger partial charge < -0.3 is 24.3 Å². The van der Waals surface area contributed by atoms with Crippen LogP contribution in [-0.2, 0) is 9.53 Å². The van der Waals surface area contributed by atoms with E-state index in [9.17, 15) is 9.59 Å². The Morgan fingerprint density at radius 1 is 0.926 bits per heavy atom. The number of rotatable bonds is 7. The molecule has 0 heterocycles. The molecule has 27 heavy (non-hydrogen) atoms. The third kappa shape index (κ3) is 5.18. The monoisotopic (exact) mass is 413 g/mol. The number of hydrogen-bond donors (Lipinski definition) is 1. The summed E-state index contributed by atoms with van der Waals surface area (Å²) in [4.78, 5) is 24.3. The van der Waals surface area contributed by atoms with Gasteiger partial charge in [0, 0.05) is 17.2 Å². The minimum Gasteiger partial charge on any atom is -0.496 e. The minimum absolute atomic E-state index is 0.0903. The highest BCUT2D eigenvalue weighted by Gasteiger charge is 2.20. The fourth-order valence-corrected chi connectivity index (χ4v) is 2.63. The van der Waals surface area contributed by atoms with Crippen LogP contribution in [0.2, 0.25) is 10.0 Å². The van der Waals surface area contributed by atoms with Crippen molar-refractivity contribution in [2.45, 2.75) is 0 Å². The van der Waals surface area contributed by atoms with Gasteiger partial charge in [0.05, 0.1) is 32.0 Å². The maximum atomic E-state index is 12.3. The van der Waals surface area contributed by atoms with Crippen LogP contribution in [0.1, 0.15) is 10.4 Å². The molecule has 9 heteroatoms. The van der Waals surface area contributed by atoms with Gasteiger partial charge in [0.15, 0.2) is 18.1 Å². The molecule has 0 aliphatic carbocycles. The molecule has 2 aromatic carbocycles. The van der Waals surface area contributed by atoms with E-state index in [1.807, 2.05) is 0 Å². The predicted octanol–water partition coefficient (Wildman–Crippen LogP) is 3.81. The van der Waals surface area contributed by atoms with Crippen LogP contribution < -0.4 is 19.5 Å². The van der Waals surface area contributed by atoms with Crippen LogP contribution in [0.4, 0.5) is 5.69 Å². The van der Waals surface area contributed by atoms with Crippen molar-refractivity contribution in [3.63, 3.8) is 0 Å². The van der Waals surface area contributed by atoms with Gasteiger partial charge in [-0.15, -0.1) is 0 Å². The molecule has 0 radical (unpaired) electrons. The highest BCUT2D eigenvalue weighted by molar-refractivity contribution is 6.36. The van der Waals surface area contributed by atoms with Gasteiger partial charge in [-0.1, -0.05) is 23.2 Å². The number of halogens is 2. The lowest BCUT2D eigenvalue weighted by Crippen LogP contribution is -2.21. The second-order valence-electron chi connectivity index (χ2n) is 5.16. The first-order valence-corrected chi connectivity index (χ1v) is 8.37. The lowest BCUT2D eigenvalue weighted by Gasteiger charge is -2.13. The molecule has 0 atom stereocenters. The summed E-state index contributed by atoms with van der Waals surface area (Å²) < 4.78 is 20.5. The van der Waals surface area contributed by atoms with Gasteiger partial charge in [-0.25, -0.2) is 4.79 Å². The van der Waals surface area contributed by atoms with Crippen molar-refractivity contribution in [3.8, 4) is 17.2 Å². The Balaban J connectivity index is 2.07. The third-order valence-corrected chi connectivity index (χ3v) is 4.01. The minimum atomic E-state index is -0.759. The SMILES string of the molecule is COc1cc(OC)c(C(=O)OCC(=O)Nc2ccc(Cl)cc2Cl)cc1OC. The summed E-state index contributed by atoms with van der Waals surface area (Å²) in [5, 5.41) is 3.23. The number of amides is 1. The van der Waals surface area contributed by atoms with E-state index < -0.39 is 18.5 Å². The van der Waals surface area contributed by atoms with Gasteiger partial charge in [0.25, 0.3) is 5.91 Å². The number of anilines is 1. The number of benzene rings is 2.